The summed E-state index contributed by atoms with van der Waals surface area (Å²) in [6.07, 6.45) is 2.10. The van der Waals surface area contributed by atoms with Gasteiger partial charge in [0.2, 0.25) is 0 Å². The fourth-order valence-corrected chi connectivity index (χ4v) is 3.20. The number of hydrogen-bond acceptors (Lipinski definition) is 3. The molecule has 0 aliphatic rings. The molecule has 27 heavy (non-hydrogen) atoms. The molecule has 0 aliphatic heterocycles. The quantitative estimate of drug-likeness (QED) is 0.547. The van der Waals surface area contributed by atoms with Crippen molar-refractivity contribution in [2.75, 3.05) is 7.11 Å². The van der Waals surface area contributed by atoms with Crippen molar-refractivity contribution in [1.29, 1.82) is 0 Å². The van der Waals surface area contributed by atoms with Crippen LogP contribution in [0.15, 0.2) is 66.9 Å². The van der Waals surface area contributed by atoms with Gasteiger partial charge in [-0.25, -0.2) is 4.98 Å². The van der Waals surface area contributed by atoms with Crippen LogP contribution >= 0.6 is 12.4 Å². The van der Waals surface area contributed by atoms with Gasteiger partial charge in [0.25, 0.3) is 0 Å². The number of rotatable bonds is 4. The largest absolute Gasteiger partial charge is 0.497 e. The number of aliphatic hydroxyl groups excluding tert-OH is 1. The number of ether oxygens (including phenoxy) is 1. The molecule has 138 valence electrons. The van der Waals surface area contributed by atoms with Crippen LogP contribution in [0, 0.1) is 6.92 Å². The summed E-state index contributed by atoms with van der Waals surface area (Å²) in [5, 5.41) is 9.37. The van der Waals surface area contributed by atoms with Gasteiger partial charge in [0.15, 0.2) is 0 Å². The Morgan fingerprint density at radius 2 is 1.70 bits per heavy atom. The molecule has 0 saturated carbocycles. The third-order valence-corrected chi connectivity index (χ3v) is 4.66. The van der Waals surface area contributed by atoms with Crippen molar-refractivity contribution >= 4 is 18.1 Å². The van der Waals surface area contributed by atoms with Crippen LogP contribution in [0.2, 0.25) is 0 Å². The van der Waals surface area contributed by atoms with Crippen molar-refractivity contribution in [2.45, 2.75) is 13.5 Å². The van der Waals surface area contributed by atoms with Gasteiger partial charge < -0.3 is 14.2 Å². The van der Waals surface area contributed by atoms with Crippen LogP contribution in [0.5, 0.6) is 5.75 Å². The van der Waals surface area contributed by atoms with E-state index in [0.29, 0.717) is 0 Å². The first kappa shape index (κ1) is 19.0. The predicted molar refractivity (Wildman–Crippen MR) is 111 cm³/mol. The van der Waals surface area contributed by atoms with Crippen LogP contribution in [0.4, 0.5) is 0 Å². The van der Waals surface area contributed by atoms with Crippen molar-refractivity contribution in [1.82, 2.24) is 9.38 Å². The molecule has 0 atom stereocenters. The number of aryl methyl sites for hydroxylation is 1. The first-order valence-corrected chi connectivity index (χ1v) is 8.53. The number of aromatic nitrogens is 2. The summed E-state index contributed by atoms with van der Waals surface area (Å²) >= 11 is 0. The summed E-state index contributed by atoms with van der Waals surface area (Å²) in [6, 6.07) is 20.0. The lowest BCUT2D eigenvalue weighted by Crippen LogP contribution is -1.90. The molecule has 0 fully saturated rings. The Labute approximate surface area is 164 Å². The Morgan fingerprint density at radius 1 is 0.963 bits per heavy atom. The molecule has 0 saturated heterocycles. The van der Waals surface area contributed by atoms with Crippen LogP contribution < -0.4 is 4.74 Å². The van der Waals surface area contributed by atoms with E-state index in [4.69, 9.17) is 9.72 Å². The normalized spacial score (nSPS) is 10.6. The Morgan fingerprint density at radius 3 is 2.41 bits per heavy atom. The van der Waals surface area contributed by atoms with Gasteiger partial charge in [-0.05, 0) is 66.1 Å². The van der Waals surface area contributed by atoms with E-state index in [9.17, 15) is 5.11 Å². The lowest BCUT2D eigenvalue weighted by Gasteiger charge is -2.06. The minimum atomic E-state index is 0. The van der Waals surface area contributed by atoms with Crippen molar-refractivity contribution < 1.29 is 9.84 Å². The molecule has 2 heterocycles. The van der Waals surface area contributed by atoms with E-state index in [0.717, 1.165) is 45.0 Å². The average molecular weight is 381 g/mol. The molecule has 0 amide bonds. The molecule has 0 unspecified atom stereocenters. The topological polar surface area (TPSA) is 46.8 Å². The number of hydrogen-bond donors (Lipinski definition) is 1. The van der Waals surface area contributed by atoms with Gasteiger partial charge in [0, 0.05) is 17.5 Å². The molecule has 1 N–H and O–H groups in total. The van der Waals surface area contributed by atoms with E-state index in [1.165, 1.54) is 0 Å². The highest BCUT2D eigenvalue weighted by Crippen LogP contribution is 2.28. The minimum Gasteiger partial charge on any atom is -0.497 e. The van der Waals surface area contributed by atoms with Crippen molar-refractivity contribution in [3.05, 3.63) is 78.1 Å². The zero-order chi connectivity index (χ0) is 18.1. The average Bonchev–Trinajstić information content (AvgIpc) is 3.04. The van der Waals surface area contributed by atoms with E-state index < -0.39 is 0 Å². The van der Waals surface area contributed by atoms with Crippen molar-refractivity contribution in [3.63, 3.8) is 0 Å². The van der Waals surface area contributed by atoms with Gasteiger partial charge >= 0.3 is 0 Å². The molecule has 0 bridgehead atoms. The smallest absolute Gasteiger partial charge is 0.137 e. The number of benzene rings is 2. The third kappa shape index (κ3) is 3.54. The summed E-state index contributed by atoms with van der Waals surface area (Å²) in [5.41, 5.74) is 7.11. The molecular formula is C22H21ClN2O2. The maximum atomic E-state index is 9.37. The highest BCUT2D eigenvalue weighted by molar-refractivity contribution is 5.85. The van der Waals surface area contributed by atoms with E-state index in [2.05, 4.69) is 29.7 Å². The fraction of sp³-hybridized carbons (Fsp3) is 0.136. The lowest BCUT2D eigenvalue weighted by atomic mass is 10.1. The molecule has 2 aromatic heterocycles. The number of aliphatic hydroxyl groups is 1. The number of pyridine rings is 1. The Kier molecular flexibility index (Phi) is 5.49. The van der Waals surface area contributed by atoms with Crippen molar-refractivity contribution in [2.24, 2.45) is 0 Å². The van der Waals surface area contributed by atoms with Crippen LogP contribution in [-0.2, 0) is 6.61 Å². The standard InChI is InChI=1S/C22H20N2O2.ClH/c1-15-22(17-6-9-20(26-2)10-7-17)23-21-11-8-19(13-24(15)21)18-5-3-4-16(12-18)14-25;/h3-13,25H,14H2,1-2H3;1H. The van der Waals surface area contributed by atoms with Gasteiger partial charge in [-0.3, -0.25) is 0 Å². The Hall–Kier alpha value is -2.82. The predicted octanol–water partition coefficient (Wildman–Crippen LogP) is 4.90. The van der Waals surface area contributed by atoms with E-state index >= 15 is 0 Å². The zero-order valence-electron chi connectivity index (χ0n) is 15.2. The lowest BCUT2D eigenvalue weighted by molar-refractivity contribution is 0.282. The van der Waals surface area contributed by atoms with Gasteiger partial charge in [0.05, 0.1) is 19.4 Å². The zero-order valence-corrected chi connectivity index (χ0v) is 16.0. The van der Waals surface area contributed by atoms with Crippen LogP contribution in [-0.4, -0.2) is 21.6 Å². The second-order valence-corrected chi connectivity index (χ2v) is 6.28. The second-order valence-electron chi connectivity index (χ2n) is 6.28. The van der Waals surface area contributed by atoms with E-state index in [1.807, 2.05) is 48.5 Å². The van der Waals surface area contributed by atoms with Gasteiger partial charge in [-0.15, -0.1) is 12.4 Å². The highest BCUT2D eigenvalue weighted by atomic mass is 35.5. The summed E-state index contributed by atoms with van der Waals surface area (Å²) < 4.78 is 7.35. The number of nitrogens with zero attached hydrogens (tertiary/aromatic N) is 2. The molecule has 4 nitrogen and oxygen atoms in total. The third-order valence-electron chi connectivity index (χ3n) is 4.66. The molecule has 0 radical (unpaired) electrons. The number of fused-ring (bicyclic) bond motifs is 1. The molecular weight excluding hydrogens is 360 g/mol. The Balaban J connectivity index is 0.00000210. The molecule has 4 aromatic rings. The number of methoxy groups -OCH3 is 1. The van der Waals surface area contributed by atoms with Crippen LogP contribution in [0.1, 0.15) is 11.3 Å². The van der Waals surface area contributed by atoms with E-state index in [-0.39, 0.29) is 19.0 Å². The van der Waals surface area contributed by atoms with Gasteiger partial charge in [0.1, 0.15) is 11.4 Å². The molecule has 0 spiro atoms. The highest BCUT2D eigenvalue weighted by Gasteiger charge is 2.11. The first-order chi connectivity index (χ1) is 12.7. The summed E-state index contributed by atoms with van der Waals surface area (Å²) in [7, 11) is 1.67. The van der Waals surface area contributed by atoms with Crippen molar-refractivity contribution in [3.8, 4) is 28.1 Å². The monoisotopic (exact) mass is 380 g/mol. The fourth-order valence-electron chi connectivity index (χ4n) is 3.20. The Bertz CT molecular complexity index is 1070. The maximum absolute atomic E-state index is 9.37. The maximum Gasteiger partial charge on any atom is 0.137 e. The molecule has 0 aliphatic carbocycles. The molecule has 5 heteroatoms. The molecule has 4 rings (SSSR count). The summed E-state index contributed by atoms with van der Waals surface area (Å²) in [4.78, 5) is 4.79. The van der Waals surface area contributed by atoms with Gasteiger partial charge in [-0.1, -0.05) is 18.2 Å². The second kappa shape index (κ2) is 7.82. The van der Waals surface area contributed by atoms with Gasteiger partial charge in [-0.2, -0.15) is 0 Å². The first-order valence-electron chi connectivity index (χ1n) is 8.53. The summed E-state index contributed by atoms with van der Waals surface area (Å²) in [5.74, 6) is 0.834. The number of halogens is 1. The SMILES string of the molecule is COc1ccc(-c2nc3ccc(-c4cccc(CO)c4)cn3c2C)cc1.Cl. The van der Waals surface area contributed by atoms with E-state index in [1.54, 1.807) is 7.11 Å². The van der Waals surface area contributed by atoms with Crippen LogP contribution in [0.3, 0.4) is 0 Å². The minimum absolute atomic E-state index is 0. The number of imidazole rings is 1. The van der Waals surface area contributed by atoms with Crippen LogP contribution in [0.25, 0.3) is 28.0 Å². The molecule has 2 aromatic carbocycles. The summed E-state index contributed by atoms with van der Waals surface area (Å²) in [6.45, 7) is 2.12.